The number of nitrogens with one attached hydrogen (secondary N) is 2. The maximum absolute atomic E-state index is 14.1. The van der Waals surface area contributed by atoms with Crippen molar-refractivity contribution in [1.82, 2.24) is 30.6 Å². The third-order valence-electron chi connectivity index (χ3n) is 10.1. The highest BCUT2D eigenvalue weighted by Crippen LogP contribution is 2.33. The van der Waals surface area contributed by atoms with Crippen LogP contribution in [0, 0.1) is 0 Å². The average molecular weight is 829 g/mol. The fourth-order valence-corrected chi connectivity index (χ4v) is 7.12. The highest BCUT2D eigenvalue weighted by atomic mass is 16.5. The third-order valence-corrected chi connectivity index (χ3v) is 10.1. The minimum absolute atomic E-state index is 0.0854. The van der Waals surface area contributed by atoms with Gasteiger partial charge in [-0.1, -0.05) is 60.7 Å². The lowest BCUT2D eigenvalue weighted by molar-refractivity contribution is -0.166. The molecule has 2 aliphatic carbocycles. The van der Waals surface area contributed by atoms with Gasteiger partial charge in [0, 0.05) is 25.2 Å². The first-order chi connectivity index (χ1) is 29.1. The van der Waals surface area contributed by atoms with E-state index in [4.69, 9.17) is 28.4 Å². The monoisotopic (exact) mass is 828 g/mol. The van der Waals surface area contributed by atoms with Crippen LogP contribution < -0.4 is 29.6 Å². The first-order valence-electron chi connectivity index (χ1n) is 19.0. The van der Waals surface area contributed by atoms with E-state index in [-0.39, 0.29) is 49.8 Å². The number of ether oxygens (including phenoxy) is 6. The van der Waals surface area contributed by atoms with E-state index in [1.54, 1.807) is 36.4 Å². The minimum Gasteiger partial charge on any atom is -0.480 e. The Hall–Kier alpha value is -6.02. The lowest BCUT2D eigenvalue weighted by Crippen LogP contribution is -2.57. The van der Waals surface area contributed by atoms with Gasteiger partial charge in [-0.25, -0.2) is 9.97 Å². The number of methoxy groups -OCH3 is 4. The summed E-state index contributed by atoms with van der Waals surface area (Å²) in [6, 6.07) is 12.9. The molecule has 18 nitrogen and oxygen atoms in total. The molecule has 0 bridgehead atoms. The van der Waals surface area contributed by atoms with Gasteiger partial charge in [0.1, 0.15) is 12.2 Å². The fraction of sp³-hybridized carbons (Fsp3) is 0.381. The summed E-state index contributed by atoms with van der Waals surface area (Å²) in [6.45, 7) is -0.587. The maximum atomic E-state index is 14.1. The summed E-state index contributed by atoms with van der Waals surface area (Å²) in [6.07, 6.45) is -0.157. The number of amides is 2. The van der Waals surface area contributed by atoms with E-state index < -0.39 is 60.5 Å². The number of hydrogen-bond acceptors (Lipinski definition) is 16. The van der Waals surface area contributed by atoms with Gasteiger partial charge in [-0.15, -0.1) is 0 Å². The van der Waals surface area contributed by atoms with Crippen LogP contribution in [-0.4, -0.2) is 130 Å². The highest BCUT2D eigenvalue weighted by Gasteiger charge is 2.44. The zero-order chi connectivity index (χ0) is 42.8. The summed E-state index contributed by atoms with van der Waals surface area (Å²) in [5.41, 5.74) is 3.92. The standard InChI is InChI=1S/C42H48N6O12/c1-55-39-25(21-43-41(47-39)57-3)13-9-17-59-35(37(53)45-31-27-15-7-5-11-23(27)19-29(31)49)33(51)34(52)36(38(54)46-32-28-16-8-6-12-24(28)20-30(32)50)60-18-10-14-26-22-44-42(58-4)48-40(26)56-2/h5-16,21-22,29-36,49-52H,17-20H2,1-4H3,(H,45,53)(H,46,54)/b13-9+,14-10+/t29-,30-,31+,32+,33-,34-,35-,36-/m1/s1. The van der Waals surface area contributed by atoms with Crippen LogP contribution in [0.3, 0.4) is 0 Å². The molecule has 6 rings (SSSR count). The summed E-state index contributed by atoms with van der Waals surface area (Å²) < 4.78 is 32.6. The summed E-state index contributed by atoms with van der Waals surface area (Å²) in [4.78, 5) is 44.6. The number of aliphatic hydroxyl groups excluding tert-OH is 4. The molecule has 2 aliphatic rings. The molecular weight excluding hydrogens is 780 g/mol. The second kappa shape index (κ2) is 20.3. The SMILES string of the molecule is COc1ncc(/C=C/CO[C@@H](C(=O)N[C@H]2c3ccccc3C[C@H]2O)[C@H](O)[C@@H](O)[C@@H](OC/C=C/c2cnc(OC)nc2OC)C(=O)N[C@H]2c3ccccc3C[C@H]2O)c(OC)n1. The van der Waals surface area contributed by atoms with Gasteiger partial charge in [-0.3, -0.25) is 9.59 Å². The number of nitrogens with zero attached hydrogens (tertiary/aromatic N) is 4. The van der Waals surface area contributed by atoms with Crippen molar-refractivity contribution < 1.29 is 58.4 Å². The Morgan fingerprint density at radius 1 is 0.667 bits per heavy atom. The largest absolute Gasteiger partial charge is 0.480 e. The summed E-state index contributed by atoms with van der Waals surface area (Å²) in [7, 11) is 5.66. The van der Waals surface area contributed by atoms with Crippen LogP contribution in [0.4, 0.5) is 0 Å². The molecule has 2 heterocycles. The molecule has 318 valence electrons. The molecule has 18 heteroatoms. The number of carbonyl (C=O) groups excluding carboxylic acids is 2. The Bertz CT molecular complexity index is 2020. The number of aliphatic hydroxyl groups is 4. The average Bonchev–Trinajstić information content (AvgIpc) is 3.76. The summed E-state index contributed by atoms with van der Waals surface area (Å²) in [5, 5.41) is 51.1. The molecule has 2 aromatic heterocycles. The van der Waals surface area contributed by atoms with Crippen molar-refractivity contribution in [2.24, 2.45) is 0 Å². The molecule has 2 amide bonds. The number of fused-ring (bicyclic) bond motifs is 2. The van der Waals surface area contributed by atoms with Crippen molar-refractivity contribution in [2.45, 2.75) is 61.5 Å². The molecule has 0 fully saturated rings. The van der Waals surface area contributed by atoms with Crippen molar-refractivity contribution in [1.29, 1.82) is 0 Å². The molecule has 6 N–H and O–H groups in total. The number of rotatable bonds is 19. The Morgan fingerprint density at radius 3 is 1.45 bits per heavy atom. The highest BCUT2D eigenvalue weighted by molar-refractivity contribution is 5.84. The molecule has 0 saturated heterocycles. The van der Waals surface area contributed by atoms with E-state index in [1.165, 1.54) is 53.0 Å². The van der Waals surface area contributed by atoms with Gasteiger partial charge in [-0.2, -0.15) is 9.97 Å². The molecule has 60 heavy (non-hydrogen) atoms. The van der Waals surface area contributed by atoms with Crippen molar-refractivity contribution in [3.63, 3.8) is 0 Å². The van der Waals surface area contributed by atoms with E-state index in [1.807, 2.05) is 24.3 Å². The lowest BCUT2D eigenvalue weighted by Gasteiger charge is -2.32. The van der Waals surface area contributed by atoms with Crippen molar-refractivity contribution in [2.75, 3.05) is 41.7 Å². The number of carbonyl (C=O) groups is 2. The molecule has 2 aromatic carbocycles. The smallest absolute Gasteiger partial charge is 0.319 e. The van der Waals surface area contributed by atoms with E-state index >= 15 is 0 Å². The van der Waals surface area contributed by atoms with Gasteiger partial charge in [0.2, 0.25) is 11.8 Å². The van der Waals surface area contributed by atoms with Crippen molar-refractivity contribution >= 4 is 24.0 Å². The molecule has 0 aliphatic heterocycles. The van der Waals surface area contributed by atoms with E-state index in [9.17, 15) is 30.0 Å². The van der Waals surface area contributed by atoms with Crippen LogP contribution in [-0.2, 0) is 31.9 Å². The topological polar surface area (TPSA) is 246 Å². The van der Waals surface area contributed by atoms with Crippen LogP contribution >= 0.6 is 0 Å². The second-order valence-corrected chi connectivity index (χ2v) is 13.8. The fourth-order valence-electron chi connectivity index (χ4n) is 7.12. The van der Waals surface area contributed by atoms with E-state index in [2.05, 4.69) is 30.6 Å². The van der Waals surface area contributed by atoms with E-state index in [0.29, 0.717) is 22.3 Å². The third kappa shape index (κ3) is 10.0. The van der Waals surface area contributed by atoms with Crippen molar-refractivity contribution in [3.05, 3.63) is 106 Å². The van der Waals surface area contributed by atoms with Gasteiger partial charge in [0.15, 0.2) is 12.2 Å². The maximum Gasteiger partial charge on any atom is 0.319 e. The zero-order valence-corrected chi connectivity index (χ0v) is 33.4. The van der Waals surface area contributed by atoms with Gasteiger partial charge < -0.3 is 59.5 Å². The van der Waals surface area contributed by atoms with Gasteiger partial charge in [0.25, 0.3) is 11.8 Å². The molecule has 0 radical (unpaired) electrons. The molecular formula is C42H48N6O12. The molecule has 4 aromatic rings. The number of benzene rings is 2. The first-order valence-corrected chi connectivity index (χ1v) is 19.0. The van der Waals surface area contributed by atoms with Crippen LogP contribution in [0.1, 0.15) is 45.5 Å². The van der Waals surface area contributed by atoms with Gasteiger partial charge in [-0.05, 0) is 34.4 Å². The zero-order valence-electron chi connectivity index (χ0n) is 33.4. The minimum atomic E-state index is -2.08. The second-order valence-electron chi connectivity index (χ2n) is 13.8. The Labute approximate surface area is 345 Å². The van der Waals surface area contributed by atoms with Gasteiger partial charge in [0.05, 0.1) is 77.1 Å². The predicted molar refractivity (Wildman–Crippen MR) is 214 cm³/mol. The van der Waals surface area contributed by atoms with Gasteiger partial charge >= 0.3 is 12.0 Å². The Morgan fingerprint density at radius 2 is 1.07 bits per heavy atom. The molecule has 0 spiro atoms. The van der Waals surface area contributed by atoms with Crippen LogP contribution in [0.25, 0.3) is 12.2 Å². The number of hydrogen-bond donors (Lipinski definition) is 6. The first kappa shape index (κ1) is 43.6. The van der Waals surface area contributed by atoms with E-state index in [0.717, 1.165) is 11.1 Å². The summed E-state index contributed by atoms with van der Waals surface area (Å²) >= 11 is 0. The van der Waals surface area contributed by atoms with Crippen LogP contribution in [0.2, 0.25) is 0 Å². The van der Waals surface area contributed by atoms with Crippen molar-refractivity contribution in [3.8, 4) is 23.8 Å². The number of aromatic nitrogens is 4. The lowest BCUT2D eigenvalue weighted by atomic mass is 9.99. The van der Waals surface area contributed by atoms with Crippen LogP contribution in [0.15, 0.2) is 73.1 Å². The Balaban J connectivity index is 1.26. The normalized spacial score (nSPS) is 20.2. The predicted octanol–water partition coefficient (Wildman–Crippen LogP) is 1.07. The van der Waals surface area contributed by atoms with Crippen LogP contribution in [0.5, 0.6) is 23.8 Å². The molecule has 8 atom stereocenters. The summed E-state index contributed by atoms with van der Waals surface area (Å²) in [5.74, 6) is -1.37. The Kier molecular flexibility index (Phi) is 14.7. The quantitative estimate of drug-likeness (QED) is 0.0774. The molecule has 0 saturated carbocycles. The molecule has 0 unspecified atom stereocenters.